The molecular formula is C18H14N4O4S. The minimum Gasteiger partial charge on any atom is -0.483 e. The highest BCUT2D eigenvalue weighted by atomic mass is 32.1. The van der Waals surface area contributed by atoms with Crippen molar-refractivity contribution in [2.24, 2.45) is 0 Å². The van der Waals surface area contributed by atoms with E-state index in [1.165, 1.54) is 34.6 Å². The molecule has 0 atom stereocenters. The van der Waals surface area contributed by atoms with Crippen molar-refractivity contribution in [3.8, 4) is 10.4 Å². The number of rotatable bonds is 3. The Bertz CT molecular complexity index is 1180. The van der Waals surface area contributed by atoms with Gasteiger partial charge in [-0.1, -0.05) is 30.3 Å². The van der Waals surface area contributed by atoms with Crippen molar-refractivity contribution in [2.75, 3.05) is 0 Å². The van der Waals surface area contributed by atoms with Crippen LogP contribution in [0.15, 0.2) is 64.7 Å². The van der Waals surface area contributed by atoms with Gasteiger partial charge in [0.1, 0.15) is 4.70 Å². The van der Waals surface area contributed by atoms with Crippen LogP contribution < -0.4 is 11.1 Å². The lowest BCUT2D eigenvalue weighted by atomic mass is 10.2. The Labute approximate surface area is 156 Å². The molecule has 8 nitrogen and oxygen atoms in total. The highest BCUT2D eigenvalue weighted by molar-refractivity contribution is 7.22. The molecule has 0 aliphatic carbocycles. The van der Waals surface area contributed by atoms with Gasteiger partial charge in [-0.3, -0.25) is 19.0 Å². The fraction of sp³-hybridized carbons (Fsp3) is 0.0556. The minimum atomic E-state index is -0.250. The van der Waals surface area contributed by atoms with Crippen molar-refractivity contribution in [2.45, 2.75) is 6.54 Å². The Kier molecular flexibility index (Phi) is 5.53. The van der Waals surface area contributed by atoms with Gasteiger partial charge < -0.3 is 10.1 Å². The van der Waals surface area contributed by atoms with E-state index in [1.54, 1.807) is 0 Å². The van der Waals surface area contributed by atoms with E-state index in [-0.39, 0.29) is 24.1 Å². The van der Waals surface area contributed by atoms with Gasteiger partial charge in [-0.2, -0.15) is 0 Å². The molecule has 1 aromatic carbocycles. The molecule has 4 aromatic rings. The van der Waals surface area contributed by atoms with Gasteiger partial charge >= 0.3 is 0 Å². The molecule has 0 bridgehead atoms. The molecule has 3 aromatic heterocycles. The Morgan fingerprint density at radius 3 is 2.59 bits per heavy atom. The summed E-state index contributed by atoms with van der Waals surface area (Å²) >= 11 is 1.42. The average Bonchev–Trinajstić information content (AvgIpc) is 3.11. The predicted molar refractivity (Wildman–Crippen MR) is 102 cm³/mol. The average molecular weight is 382 g/mol. The molecule has 2 N–H and O–H groups in total. The summed E-state index contributed by atoms with van der Waals surface area (Å²) in [6, 6.07) is 13.2. The molecule has 0 aliphatic heterocycles. The highest BCUT2D eigenvalue weighted by Gasteiger charge is 2.11. The van der Waals surface area contributed by atoms with Crippen LogP contribution in [0.3, 0.4) is 0 Å². The van der Waals surface area contributed by atoms with Gasteiger partial charge in [-0.15, -0.1) is 11.3 Å². The number of carboxylic acid groups (broad SMARTS) is 1. The maximum absolute atomic E-state index is 12.7. The second-order valence-electron chi connectivity index (χ2n) is 5.38. The summed E-state index contributed by atoms with van der Waals surface area (Å²) in [7, 11) is 0. The van der Waals surface area contributed by atoms with Crippen LogP contribution in [0.1, 0.15) is 5.69 Å². The zero-order valence-corrected chi connectivity index (χ0v) is 14.7. The van der Waals surface area contributed by atoms with Crippen LogP contribution in [0.5, 0.6) is 0 Å². The van der Waals surface area contributed by atoms with Crippen LogP contribution >= 0.6 is 11.3 Å². The number of carbonyl (C=O) groups is 1. The second-order valence-corrected chi connectivity index (χ2v) is 6.43. The number of aromatic amines is 1. The molecular weight excluding hydrogens is 368 g/mol. The lowest BCUT2D eigenvalue weighted by Crippen LogP contribution is -2.21. The molecule has 0 saturated heterocycles. The van der Waals surface area contributed by atoms with E-state index in [0.717, 1.165) is 10.4 Å². The van der Waals surface area contributed by atoms with Crippen LogP contribution in [0.25, 0.3) is 20.7 Å². The van der Waals surface area contributed by atoms with E-state index in [1.807, 2.05) is 36.4 Å². The Hall–Kier alpha value is -3.59. The summed E-state index contributed by atoms with van der Waals surface area (Å²) in [4.78, 5) is 44.3. The van der Waals surface area contributed by atoms with Gasteiger partial charge in [0.05, 0.1) is 30.4 Å². The predicted octanol–water partition coefficient (Wildman–Crippen LogP) is 1.96. The van der Waals surface area contributed by atoms with Crippen molar-refractivity contribution in [1.29, 1.82) is 0 Å². The van der Waals surface area contributed by atoms with Crippen LogP contribution in [0, 0.1) is 0 Å². The summed E-state index contributed by atoms with van der Waals surface area (Å²) in [5.41, 5.74) is 1.88. The Morgan fingerprint density at radius 1 is 1.15 bits per heavy atom. The van der Waals surface area contributed by atoms with Gasteiger partial charge in [0.15, 0.2) is 0 Å². The number of fused-ring (bicyclic) bond motifs is 1. The second kappa shape index (κ2) is 8.19. The lowest BCUT2D eigenvalue weighted by Gasteiger charge is -2.03. The summed E-state index contributed by atoms with van der Waals surface area (Å²) in [6.07, 6.45) is 2.82. The molecule has 3 heterocycles. The van der Waals surface area contributed by atoms with Crippen LogP contribution in [0.2, 0.25) is 0 Å². The number of hydrogen-bond donors (Lipinski definition) is 2. The topological polar surface area (TPSA) is 118 Å². The Balaban J connectivity index is 0.000000659. The SMILES string of the molecule is O=CO.O=c1cc(Cn2cnc3cc(-c4ccccc4)sc3c2=O)nc[nH]1. The molecule has 0 aliphatic rings. The quantitative estimate of drug-likeness (QED) is 0.523. The molecule has 0 unspecified atom stereocenters. The van der Waals surface area contributed by atoms with Crippen molar-refractivity contribution < 1.29 is 9.90 Å². The van der Waals surface area contributed by atoms with Gasteiger partial charge in [0, 0.05) is 10.9 Å². The van der Waals surface area contributed by atoms with Crippen molar-refractivity contribution >= 4 is 28.0 Å². The number of nitrogens with one attached hydrogen (secondary N) is 1. The fourth-order valence-corrected chi connectivity index (χ4v) is 3.54. The first-order valence-electron chi connectivity index (χ1n) is 7.78. The van der Waals surface area contributed by atoms with Gasteiger partial charge in [-0.05, 0) is 11.6 Å². The zero-order chi connectivity index (χ0) is 19.2. The van der Waals surface area contributed by atoms with Crippen molar-refractivity contribution in [3.05, 3.63) is 81.5 Å². The molecule has 136 valence electrons. The first-order chi connectivity index (χ1) is 13.1. The van der Waals surface area contributed by atoms with E-state index in [9.17, 15) is 9.59 Å². The Morgan fingerprint density at radius 2 is 1.89 bits per heavy atom. The summed E-state index contributed by atoms with van der Waals surface area (Å²) in [5, 5.41) is 6.89. The van der Waals surface area contributed by atoms with E-state index in [0.29, 0.717) is 15.9 Å². The number of hydrogen-bond acceptors (Lipinski definition) is 6. The molecule has 27 heavy (non-hydrogen) atoms. The van der Waals surface area contributed by atoms with E-state index in [2.05, 4.69) is 15.0 Å². The summed E-state index contributed by atoms with van der Waals surface area (Å²) < 4.78 is 2.07. The van der Waals surface area contributed by atoms with Crippen molar-refractivity contribution in [1.82, 2.24) is 19.5 Å². The maximum atomic E-state index is 12.7. The molecule has 0 fully saturated rings. The largest absolute Gasteiger partial charge is 0.483 e. The highest BCUT2D eigenvalue weighted by Crippen LogP contribution is 2.30. The van der Waals surface area contributed by atoms with Crippen molar-refractivity contribution in [3.63, 3.8) is 0 Å². The van der Waals surface area contributed by atoms with E-state index in [4.69, 9.17) is 9.90 Å². The molecule has 0 saturated carbocycles. The lowest BCUT2D eigenvalue weighted by molar-refractivity contribution is -0.122. The zero-order valence-electron chi connectivity index (χ0n) is 13.9. The fourth-order valence-electron chi connectivity index (χ4n) is 2.47. The summed E-state index contributed by atoms with van der Waals surface area (Å²) in [6.45, 7) is -0.0374. The smallest absolute Gasteiger partial charge is 0.290 e. The summed E-state index contributed by atoms with van der Waals surface area (Å²) in [5.74, 6) is 0. The van der Waals surface area contributed by atoms with E-state index >= 15 is 0 Å². The molecule has 9 heteroatoms. The van der Waals surface area contributed by atoms with E-state index < -0.39 is 0 Å². The third kappa shape index (κ3) is 4.15. The number of H-pyrrole nitrogens is 1. The van der Waals surface area contributed by atoms with Crippen LogP contribution in [-0.2, 0) is 11.3 Å². The molecule has 4 rings (SSSR count). The van der Waals surface area contributed by atoms with Gasteiger partial charge in [-0.25, -0.2) is 9.97 Å². The first-order valence-corrected chi connectivity index (χ1v) is 8.60. The standard InChI is InChI=1S/C17H12N4O2S.CH2O2/c22-15-6-12(18-9-19-15)8-21-10-20-13-7-14(24-16(13)17(21)23)11-4-2-1-3-5-11;2-1-3/h1-7,9-10H,8H2,(H,18,19,22);1H,(H,2,3). The first kappa shape index (κ1) is 18.2. The van der Waals surface area contributed by atoms with Crippen LogP contribution in [0.4, 0.5) is 0 Å². The normalized spacial score (nSPS) is 10.2. The van der Waals surface area contributed by atoms with Gasteiger partial charge in [0.2, 0.25) is 0 Å². The minimum absolute atomic E-state index is 0.130. The molecule has 0 spiro atoms. The molecule has 0 amide bonds. The molecule has 0 radical (unpaired) electrons. The van der Waals surface area contributed by atoms with Crippen LogP contribution in [-0.4, -0.2) is 31.1 Å². The third-order valence-electron chi connectivity index (χ3n) is 3.63. The van der Waals surface area contributed by atoms with Gasteiger partial charge in [0.25, 0.3) is 17.6 Å². The maximum Gasteiger partial charge on any atom is 0.290 e. The number of thiophene rings is 1. The number of benzene rings is 1. The number of aromatic nitrogens is 4. The number of nitrogens with zero attached hydrogens (tertiary/aromatic N) is 3. The monoisotopic (exact) mass is 382 g/mol. The third-order valence-corrected chi connectivity index (χ3v) is 4.79.